The van der Waals surface area contributed by atoms with Gasteiger partial charge >= 0.3 is 11.6 Å². The number of ether oxygens (including phenoxy) is 1. The maximum absolute atomic E-state index is 10.2. The molecule has 118 valence electrons. The lowest BCUT2D eigenvalue weighted by atomic mass is 9.81. The van der Waals surface area contributed by atoms with Crippen LogP contribution in [0, 0.1) is 11.8 Å². The molecular formula is C16H24O4S. The molecule has 5 heteroatoms. The van der Waals surface area contributed by atoms with Gasteiger partial charge in [0.05, 0.1) is 18.3 Å². The van der Waals surface area contributed by atoms with Gasteiger partial charge in [0.15, 0.2) is 0 Å². The van der Waals surface area contributed by atoms with E-state index in [1.165, 1.54) is 5.56 Å². The molecule has 1 aliphatic rings. The standard InChI is InChI=1S/C16H24O2.O2S/c1-11-13(3)18-15(12(2)16(11)17)10-9-14-7-5-4-6-8-14;1-3-2/h4-8,11-13,15-17H,9-10H2,1-3H3;/t11-,12+,13+,15-,16-;/m0./s1. The van der Waals surface area contributed by atoms with E-state index in [-0.39, 0.29) is 30.1 Å². The van der Waals surface area contributed by atoms with E-state index in [0.717, 1.165) is 12.8 Å². The smallest absolute Gasteiger partial charge is 0.335 e. The van der Waals surface area contributed by atoms with Gasteiger partial charge in [-0.05, 0) is 25.3 Å². The molecule has 0 saturated carbocycles. The Hall–Kier alpha value is -1.04. The molecule has 1 fully saturated rings. The Morgan fingerprint density at radius 2 is 1.67 bits per heavy atom. The zero-order chi connectivity index (χ0) is 15.8. The van der Waals surface area contributed by atoms with Crippen LogP contribution in [0.15, 0.2) is 30.3 Å². The van der Waals surface area contributed by atoms with Gasteiger partial charge in [-0.3, -0.25) is 0 Å². The van der Waals surface area contributed by atoms with Gasteiger partial charge in [-0.2, -0.15) is 8.42 Å². The maximum Gasteiger partial charge on any atom is 0.335 e. The van der Waals surface area contributed by atoms with Crippen LogP contribution in [0.5, 0.6) is 0 Å². The lowest BCUT2D eigenvalue weighted by Gasteiger charge is -2.41. The van der Waals surface area contributed by atoms with Crippen LogP contribution in [0.4, 0.5) is 0 Å². The molecule has 1 heterocycles. The van der Waals surface area contributed by atoms with Crippen molar-refractivity contribution in [3.05, 3.63) is 35.9 Å². The average Bonchev–Trinajstić information content (AvgIpc) is 2.49. The fourth-order valence-corrected chi connectivity index (χ4v) is 2.78. The van der Waals surface area contributed by atoms with Crippen LogP contribution >= 0.6 is 0 Å². The average molecular weight is 312 g/mol. The van der Waals surface area contributed by atoms with Crippen molar-refractivity contribution < 1.29 is 18.3 Å². The summed E-state index contributed by atoms with van der Waals surface area (Å²) >= 11 is -0.750. The molecule has 1 aromatic rings. The first kappa shape index (κ1) is 18.0. The van der Waals surface area contributed by atoms with Gasteiger partial charge < -0.3 is 9.84 Å². The van der Waals surface area contributed by atoms with E-state index in [9.17, 15) is 5.11 Å². The van der Waals surface area contributed by atoms with E-state index in [0.29, 0.717) is 0 Å². The van der Waals surface area contributed by atoms with Crippen LogP contribution in [0.25, 0.3) is 0 Å². The van der Waals surface area contributed by atoms with E-state index in [4.69, 9.17) is 13.2 Å². The number of aryl methyl sites for hydroxylation is 1. The van der Waals surface area contributed by atoms with Crippen molar-refractivity contribution in [2.75, 3.05) is 0 Å². The molecule has 0 radical (unpaired) electrons. The molecule has 0 bridgehead atoms. The molecular weight excluding hydrogens is 288 g/mol. The number of rotatable bonds is 3. The number of hydrogen-bond acceptors (Lipinski definition) is 4. The highest BCUT2D eigenvalue weighted by atomic mass is 32.1. The minimum atomic E-state index is -0.750. The molecule has 0 aliphatic carbocycles. The predicted octanol–water partition coefficient (Wildman–Crippen LogP) is 2.37. The second kappa shape index (κ2) is 9.07. The fraction of sp³-hybridized carbons (Fsp3) is 0.625. The van der Waals surface area contributed by atoms with Crippen LogP contribution in [0.2, 0.25) is 0 Å². The highest BCUT2D eigenvalue weighted by molar-refractivity contribution is 7.51. The minimum absolute atomic E-state index is 0.150. The Bertz CT molecular complexity index is 445. The molecule has 1 N–H and O–H groups in total. The van der Waals surface area contributed by atoms with Crippen LogP contribution in [-0.4, -0.2) is 31.8 Å². The quantitative estimate of drug-likeness (QED) is 0.930. The van der Waals surface area contributed by atoms with Gasteiger partial charge in [0, 0.05) is 11.8 Å². The van der Waals surface area contributed by atoms with Crippen molar-refractivity contribution in [2.45, 2.75) is 51.9 Å². The lowest BCUT2D eigenvalue weighted by Crippen LogP contribution is -2.47. The van der Waals surface area contributed by atoms with Crippen molar-refractivity contribution in [2.24, 2.45) is 11.8 Å². The molecule has 21 heavy (non-hydrogen) atoms. The molecule has 1 saturated heterocycles. The number of aliphatic hydroxyl groups is 1. The first-order valence-corrected chi connectivity index (χ1v) is 7.97. The van der Waals surface area contributed by atoms with Crippen molar-refractivity contribution >= 4 is 11.6 Å². The van der Waals surface area contributed by atoms with E-state index < -0.39 is 11.6 Å². The highest BCUT2D eigenvalue weighted by Crippen LogP contribution is 2.31. The van der Waals surface area contributed by atoms with Gasteiger partial charge in [0.1, 0.15) is 0 Å². The molecule has 0 unspecified atom stereocenters. The van der Waals surface area contributed by atoms with Crippen molar-refractivity contribution in [1.29, 1.82) is 0 Å². The monoisotopic (exact) mass is 312 g/mol. The molecule has 2 rings (SSSR count). The summed E-state index contributed by atoms with van der Waals surface area (Å²) in [5.41, 5.74) is 1.34. The summed E-state index contributed by atoms with van der Waals surface area (Å²) < 4.78 is 22.6. The van der Waals surface area contributed by atoms with Gasteiger partial charge in [-0.25, -0.2) is 0 Å². The summed E-state index contributed by atoms with van der Waals surface area (Å²) in [7, 11) is 0. The van der Waals surface area contributed by atoms with E-state index >= 15 is 0 Å². The van der Waals surface area contributed by atoms with Crippen LogP contribution in [0.1, 0.15) is 32.8 Å². The van der Waals surface area contributed by atoms with Crippen molar-refractivity contribution in [1.82, 2.24) is 0 Å². The van der Waals surface area contributed by atoms with Crippen molar-refractivity contribution in [3.63, 3.8) is 0 Å². The summed E-state index contributed by atoms with van der Waals surface area (Å²) in [4.78, 5) is 0. The summed E-state index contributed by atoms with van der Waals surface area (Å²) in [6.07, 6.45) is 2.08. The third-order valence-electron chi connectivity index (χ3n) is 4.35. The molecule has 0 aromatic heterocycles. The summed E-state index contributed by atoms with van der Waals surface area (Å²) in [6, 6.07) is 10.5. The number of benzene rings is 1. The maximum atomic E-state index is 10.2. The molecule has 5 atom stereocenters. The molecule has 1 aliphatic heterocycles. The summed E-state index contributed by atoms with van der Waals surface area (Å²) in [5, 5.41) is 10.2. The fourth-order valence-electron chi connectivity index (χ4n) is 2.78. The van der Waals surface area contributed by atoms with E-state index in [1.54, 1.807) is 0 Å². The molecule has 4 nitrogen and oxygen atoms in total. The summed E-state index contributed by atoms with van der Waals surface area (Å²) in [6.45, 7) is 6.23. The molecule has 0 amide bonds. The van der Waals surface area contributed by atoms with E-state index in [1.807, 2.05) is 6.07 Å². The molecule has 1 aromatic carbocycles. The van der Waals surface area contributed by atoms with E-state index in [2.05, 4.69) is 45.0 Å². The third kappa shape index (κ3) is 5.34. The van der Waals surface area contributed by atoms with Crippen molar-refractivity contribution in [3.8, 4) is 0 Å². The highest BCUT2D eigenvalue weighted by Gasteiger charge is 2.37. The molecule has 0 spiro atoms. The van der Waals surface area contributed by atoms with Gasteiger partial charge in [-0.15, -0.1) is 0 Å². The zero-order valence-corrected chi connectivity index (χ0v) is 13.6. The SMILES string of the molecule is C[C@@H]1[C@H](O)[C@H](C)[C@H](CCc2ccccc2)O[C@@H]1C.O=S=O. The van der Waals surface area contributed by atoms with Gasteiger partial charge in [-0.1, -0.05) is 44.2 Å². The largest absolute Gasteiger partial charge is 0.392 e. The Labute approximate surface area is 130 Å². The Kier molecular flexibility index (Phi) is 7.78. The normalized spacial score (nSPS) is 31.9. The summed E-state index contributed by atoms with van der Waals surface area (Å²) in [5.74, 6) is 0.452. The zero-order valence-electron chi connectivity index (χ0n) is 12.8. The number of aliphatic hydroxyl groups excluding tert-OH is 1. The Morgan fingerprint density at radius 3 is 2.24 bits per heavy atom. The lowest BCUT2D eigenvalue weighted by molar-refractivity contribution is -0.158. The third-order valence-corrected chi connectivity index (χ3v) is 4.35. The van der Waals surface area contributed by atoms with Gasteiger partial charge in [0.25, 0.3) is 0 Å². The second-order valence-electron chi connectivity index (χ2n) is 5.68. The van der Waals surface area contributed by atoms with Crippen LogP contribution in [0.3, 0.4) is 0 Å². The first-order chi connectivity index (χ1) is 10.0. The second-order valence-corrected chi connectivity index (χ2v) is 5.82. The Balaban J connectivity index is 0.000000677. The Morgan fingerprint density at radius 1 is 1.10 bits per heavy atom. The minimum Gasteiger partial charge on any atom is -0.392 e. The first-order valence-electron chi connectivity index (χ1n) is 7.30. The van der Waals surface area contributed by atoms with Crippen LogP contribution in [-0.2, 0) is 22.7 Å². The topological polar surface area (TPSA) is 63.6 Å². The van der Waals surface area contributed by atoms with Gasteiger partial charge in [0.2, 0.25) is 0 Å². The van der Waals surface area contributed by atoms with Crippen LogP contribution < -0.4 is 0 Å². The number of hydrogen-bond donors (Lipinski definition) is 1. The predicted molar refractivity (Wildman–Crippen MR) is 82.4 cm³/mol.